The lowest BCUT2D eigenvalue weighted by Gasteiger charge is -2.31. The largest absolute Gasteiger partial charge is 0.455 e. The zero-order chi connectivity index (χ0) is 26.6. The number of aromatic nitrogens is 2. The third kappa shape index (κ3) is 4.20. The fourth-order valence-electron chi connectivity index (χ4n) is 5.23. The first kappa shape index (κ1) is 24.7. The van der Waals surface area contributed by atoms with Crippen LogP contribution >= 0.6 is 0 Å². The Bertz CT molecular complexity index is 1480. The van der Waals surface area contributed by atoms with Gasteiger partial charge < -0.3 is 4.74 Å². The van der Waals surface area contributed by atoms with E-state index in [9.17, 15) is 22.8 Å². The molecule has 190 valence electrons. The van der Waals surface area contributed by atoms with Gasteiger partial charge in [-0.3, -0.25) is 4.79 Å². The standard InChI is InChI=1S/C27H21F5N2O3/c1-14-6-10-34-20-12-15(2)37-26(36)19-5-3-4-8-33(19)9-7-16(20)17-13-18(28)23(25(35)27(30,31)32)24(29)22(17)21(34)11-14/h3-6,8,10-11,13,16,20H,2,7,9,12H2,1H3/q+2. The van der Waals surface area contributed by atoms with Gasteiger partial charge in [0.2, 0.25) is 5.69 Å². The Balaban J connectivity index is 1.75. The molecule has 0 fully saturated rings. The molecule has 2 atom stereocenters. The highest BCUT2D eigenvalue weighted by molar-refractivity contribution is 6.02. The number of fused-ring (bicyclic) bond motifs is 7. The third-order valence-corrected chi connectivity index (χ3v) is 6.86. The zero-order valence-corrected chi connectivity index (χ0v) is 19.6. The molecule has 2 aromatic heterocycles. The van der Waals surface area contributed by atoms with Crippen molar-refractivity contribution < 1.29 is 45.4 Å². The fraction of sp³-hybridized carbons (Fsp3) is 0.259. The van der Waals surface area contributed by atoms with Crippen LogP contribution in [-0.4, -0.2) is 17.9 Å². The van der Waals surface area contributed by atoms with Crippen LogP contribution in [0.1, 0.15) is 56.8 Å². The van der Waals surface area contributed by atoms with Gasteiger partial charge in [0, 0.05) is 30.7 Å². The van der Waals surface area contributed by atoms with E-state index in [4.69, 9.17) is 4.74 Å². The number of hydrogen-bond acceptors (Lipinski definition) is 3. The Morgan fingerprint density at radius 3 is 2.59 bits per heavy atom. The minimum Gasteiger partial charge on any atom is -0.423 e. The number of carbonyl (C=O) groups excluding carboxylic acids is 2. The Labute approximate surface area is 208 Å². The molecule has 2 aliphatic rings. The average Bonchev–Trinajstić information content (AvgIpc) is 2.82. The molecule has 5 nitrogen and oxygen atoms in total. The summed E-state index contributed by atoms with van der Waals surface area (Å²) < 4.78 is 79.3. The topological polar surface area (TPSA) is 51.1 Å². The number of allylic oxidation sites excluding steroid dienone is 1. The SMILES string of the molecule is C=C1CC2C(CC[n+]3ccccc3C(=O)O1)c1cc(F)c(C(=O)C(F)(F)F)c(F)c1-c1cc(C)cc[n+]12. The van der Waals surface area contributed by atoms with Crippen LogP contribution in [0.25, 0.3) is 11.3 Å². The number of carbonyl (C=O) groups is 2. The summed E-state index contributed by atoms with van der Waals surface area (Å²) in [6, 6.07) is 8.58. The smallest absolute Gasteiger partial charge is 0.423 e. The maximum Gasteiger partial charge on any atom is 0.455 e. The van der Waals surface area contributed by atoms with Gasteiger partial charge in [-0.25, -0.2) is 13.6 Å². The van der Waals surface area contributed by atoms with Crippen LogP contribution in [0.4, 0.5) is 22.0 Å². The van der Waals surface area contributed by atoms with Gasteiger partial charge in [-0.2, -0.15) is 22.3 Å². The van der Waals surface area contributed by atoms with Crippen LogP contribution in [0.5, 0.6) is 0 Å². The summed E-state index contributed by atoms with van der Waals surface area (Å²) in [6.07, 6.45) is -1.74. The number of benzene rings is 1. The molecular formula is C27H21F5N2O3+2. The molecule has 0 saturated heterocycles. The molecule has 3 aromatic rings. The first-order valence-corrected chi connectivity index (χ1v) is 11.5. The molecule has 0 amide bonds. The molecule has 0 saturated carbocycles. The Kier molecular flexibility index (Phi) is 5.92. The zero-order valence-electron chi connectivity index (χ0n) is 19.6. The van der Waals surface area contributed by atoms with Gasteiger partial charge >= 0.3 is 12.1 Å². The summed E-state index contributed by atoms with van der Waals surface area (Å²) in [7, 11) is 0. The van der Waals surface area contributed by atoms with Crippen LogP contribution in [-0.2, 0) is 11.3 Å². The van der Waals surface area contributed by atoms with E-state index in [1.54, 1.807) is 58.8 Å². The second kappa shape index (κ2) is 8.86. The summed E-state index contributed by atoms with van der Waals surface area (Å²) in [6.45, 7) is 5.84. The van der Waals surface area contributed by atoms with Crippen molar-refractivity contribution in [3.8, 4) is 11.3 Å². The van der Waals surface area contributed by atoms with Crippen molar-refractivity contribution in [1.29, 1.82) is 0 Å². The quantitative estimate of drug-likeness (QED) is 0.197. The van der Waals surface area contributed by atoms with Gasteiger partial charge in [-0.1, -0.05) is 6.58 Å². The minimum atomic E-state index is -5.45. The number of ketones is 1. The number of Topliss-reactive ketones (excluding diaryl/α,β-unsaturated/α-hetero) is 1. The maximum atomic E-state index is 15.8. The molecule has 0 N–H and O–H groups in total. The predicted octanol–water partition coefficient (Wildman–Crippen LogP) is 5.06. The number of esters is 1. The molecule has 0 bridgehead atoms. The number of cyclic esters (lactones) is 1. The first-order chi connectivity index (χ1) is 17.5. The summed E-state index contributed by atoms with van der Waals surface area (Å²) in [4.78, 5) is 24.7. The van der Waals surface area contributed by atoms with Gasteiger partial charge in [-0.15, -0.1) is 0 Å². The van der Waals surface area contributed by atoms with Crippen LogP contribution in [0, 0.1) is 18.6 Å². The van der Waals surface area contributed by atoms with Crippen LogP contribution < -0.4 is 9.13 Å². The van der Waals surface area contributed by atoms with Crippen molar-refractivity contribution in [3.05, 3.63) is 95.1 Å². The number of alkyl halides is 3. The Hall–Kier alpha value is -3.95. The van der Waals surface area contributed by atoms with E-state index in [0.29, 0.717) is 5.56 Å². The Morgan fingerprint density at radius 1 is 1.11 bits per heavy atom. The number of halogens is 5. The van der Waals surface area contributed by atoms with Gasteiger partial charge in [-0.05, 0) is 30.2 Å². The minimum absolute atomic E-state index is 0.107. The first-order valence-electron chi connectivity index (χ1n) is 11.5. The lowest BCUT2D eigenvalue weighted by atomic mass is 9.78. The molecule has 4 heterocycles. The fourth-order valence-corrected chi connectivity index (χ4v) is 5.23. The maximum absolute atomic E-state index is 15.8. The van der Waals surface area contributed by atoms with E-state index in [0.717, 1.165) is 6.07 Å². The van der Waals surface area contributed by atoms with E-state index in [-0.39, 0.29) is 47.7 Å². The highest BCUT2D eigenvalue weighted by Gasteiger charge is 2.48. The molecule has 0 radical (unpaired) electrons. The number of hydrogen-bond donors (Lipinski definition) is 0. The molecule has 2 aliphatic heterocycles. The van der Waals surface area contributed by atoms with Crippen molar-refractivity contribution in [2.45, 2.75) is 44.4 Å². The van der Waals surface area contributed by atoms with E-state index in [1.807, 2.05) is 0 Å². The van der Waals surface area contributed by atoms with Gasteiger partial charge in [0.25, 0.3) is 11.5 Å². The number of rotatable bonds is 1. The second-order valence-electron chi connectivity index (χ2n) is 9.21. The summed E-state index contributed by atoms with van der Waals surface area (Å²) in [5.74, 6) is -6.78. The molecule has 5 rings (SSSR count). The Morgan fingerprint density at radius 2 is 1.86 bits per heavy atom. The van der Waals surface area contributed by atoms with Gasteiger partial charge in [0.15, 0.2) is 24.3 Å². The van der Waals surface area contributed by atoms with Gasteiger partial charge in [0.1, 0.15) is 18.1 Å². The second-order valence-corrected chi connectivity index (χ2v) is 9.21. The number of aryl methyl sites for hydroxylation is 2. The lowest BCUT2D eigenvalue weighted by molar-refractivity contribution is -0.725. The van der Waals surface area contributed by atoms with E-state index in [2.05, 4.69) is 6.58 Å². The average molecular weight is 516 g/mol. The molecule has 0 spiro atoms. The number of nitrogens with zero attached hydrogens (tertiary/aromatic N) is 2. The summed E-state index contributed by atoms with van der Waals surface area (Å²) in [5.41, 5.74) is -0.619. The van der Waals surface area contributed by atoms with Crippen molar-refractivity contribution in [1.82, 2.24) is 0 Å². The summed E-state index contributed by atoms with van der Waals surface area (Å²) in [5, 5.41) is 0. The van der Waals surface area contributed by atoms with E-state index in [1.165, 1.54) is 0 Å². The van der Waals surface area contributed by atoms with Crippen LogP contribution in [0.2, 0.25) is 0 Å². The van der Waals surface area contributed by atoms with Crippen molar-refractivity contribution in [2.24, 2.45) is 0 Å². The van der Waals surface area contributed by atoms with Crippen LogP contribution in [0.15, 0.2) is 61.1 Å². The summed E-state index contributed by atoms with van der Waals surface area (Å²) >= 11 is 0. The normalized spacial score (nSPS) is 19.2. The number of ether oxygens (including phenoxy) is 1. The van der Waals surface area contributed by atoms with Crippen molar-refractivity contribution in [3.63, 3.8) is 0 Å². The molecule has 0 aliphatic carbocycles. The molecular weight excluding hydrogens is 495 g/mol. The van der Waals surface area contributed by atoms with Gasteiger partial charge in [0.05, 0.1) is 23.5 Å². The predicted molar refractivity (Wildman–Crippen MR) is 119 cm³/mol. The highest BCUT2D eigenvalue weighted by atomic mass is 19.4. The number of pyridine rings is 2. The van der Waals surface area contributed by atoms with E-state index >= 15 is 8.78 Å². The van der Waals surface area contributed by atoms with Crippen molar-refractivity contribution >= 4 is 11.8 Å². The monoisotopic (exact) mass is 516 g/mol. The molecule has 10 heteroatoms. The van der Waals surface area contributed by atoms with Crippen LogP contribution in [0.3, 0.4) is 0 Å². The van der Waals surface area contributed by atoms with Crippen molar-refractivity contribution in [2.75, 3.05) is 0 Å². The molecule has 1 aromatic carbocycles. The lowest BCUT2D eigenvalue weighted by Crippen LogP contribution is -2.50. The highest BCUT2D eigenvalue weighted by Crippen LogP contribution is 2.45. The molecule has 2 unspecified atom stereocenters. The molecule has 37 heavy (non-hydrogen) atoms. The third-order valence-electron chi connectivity index (χ3n) is 6.86. The van der Waals surface area contributed by atoms with E-state index < -0.39 is 47.1 Å².